The lowest BCUT2D eigenvalue weighted by molar-refractivity contribution is -0.0174. The Morgan fingerprint density at radius 1 is 0.905 bits per heavy atom. The van der Waals surface area contributed by atoms with Gasteiger partial charge >= 0.3 is 5.97 Å². The van der Waals surface area contributed by atoms with Crippen molar-refractivity contribution in [3.63, 3.8) is 0 Å². The number of methoxy groups -OCH3 is 4. The molecule has 0 aromatic heterocycles. The highest BCUT2D eigenvalue weighted by Gasteiger charge is 2.37. The van der Waals surface area contributed by atoms with E-state index in [0.29, 0.717) is 23.8 Å². The van der Waals surface area contributed by atoms with E-state index >= 15 is 0 Å². The van der Waals surface area contributed by atoms with Crippen LogP contribution in [0.25, 0.3) is 0 Å². The topological polar surface area (TPSA) is 104 Å². The van der Waals surface area contributed by atoms with Crippen LogP contribution in [0.2, 0.25) is 0 Å². The molecule has 1 fully saturated rings. The summed E-state index contributed by atoms with van der Waals surface area (Å²) in [5.74, 6) is 0.287. The Balaban J connectivity index is 1.62. The number of nitrogens with zero attached hydrogens (tertiary/aromatic N) is 1. The van der Waals surface area contributed by atoms with Crippen LogP contribution < -0.4 is 14.2 Å². The van der Waals surface area contributed by atoms with Gasteiger partial charge in [-0.15, -0.1) is 0 Å². The van der Waals surface area contributed by atoms with Gasteiger partial charge in [-0.05, 0) is 49.1 Å². The molecule has 3 atom stereocenters. The van der Waals surface area contributed by atoms with Gasteiger partial charge in [-0.1, -0.05) is 43.3 Å². The number of carbonyl (C=O) groups is 2. The largest absolute Gasteiger partial charge is 0.506 e. The fourth-order valence-electron chi connectivity index (χ4n) is 5.73. The van der Waals surface area contributed by atoms with Crippen molar-refractivity contribution in [3.05, 3.63) is 82.9 Å². The smallest absolute Gasteiger partial charge is 0.341 e. The first kappa shape index (κ1) is 30.9. The Labute approximate surface area is 246 Å². The number of Topliss-reactive ketones (excluding diaryl/α,β-unsaturated/α-hetero) is 1. The zero-order valence-electron chi connectivity index (χ0n) is 24.8. The SMILES string of the molecule is CCC(C1CCC(c2ccc(OC)c(OC)c2OC)O1)N(CC(=O)c1cccc(C(=O)OC)c1O)Cc1ccccc1. The average molecular weight is 578 g/mol. The second-order valence-corrected chi connectivity index (χ2v) is 10.1. The Bertz CT molecular complexity index is 1380. The molecule has 0 aliphatic carbocycles. The highest BCUT2D eigenvalue weighted by Crippen LogP contribution is 2.47. The van der Waals surface area contributed by atoms with Crippen molar-refractivity contribution < 1.29 is 38.4 Å². The summed E-state index contributed by atoms with van der Waals surface area (Å²) in [7, 11) is 5.99. The minimum Gasteiger partial charge on any atom is -0.506 e. The molecule has 1 aliphatic heterocycles. The van der Waals surface area contributed by atoms with Gasteiger partial charge in [0.2, 0.25) is 5.75 Å². The van der Waals surface area contributed by atoms with Gasteiger partial charge in [0.15, 0.2) is 17.3 Å². The van der Waals surface area contributed by atoms with Crippen LogP contribution in [0.3, 0.4) is 0 Å². The second kappa shape index (κ2) is 14.2. The number of phenols is 1. The van der Waals surface area contributed by atoms with E-state index in [0.717, 1.165) is 30.4 Å². The monoisotopic (exact) mass is 577 g/mol. The molecule has 0 bridgehead atoms. The summed E-state index contributed by atoms with van der Waals surface area (Å²) in [5.41, 5.74) is 1.96. The lowest BCUT2D eigenvalue weighted by Crippen LogP contribution is -2.45. The number of phenolic OH excluding ortho intramolecular Hbond substituents is 1. The number of para-hydroxylation sites is 1. The van der Waals surface area contributed by atoms with Crippen LogP contribution in [-0.2, 0) is 16.0 Å². The summed E-state index contributed by atoms with van der Waals surface area (Å²) in [5, 5.41) is 10.8. The van der Waals surface area contributed by atoms with Gasteiger partial charge in [0.25, 0.3) is 0 Å². The number of benzene rings is 3. The summed E-state index contributed by atoms with van der Waals surface area (Å²) >= 11 is 0. The second-order valence-electron chi connectivity index (χ2n) is 10.1. The minimum atomic E-state index is -0.703. The summed E-state index contributed by atoms with van der Waals surface area (Å²) in [6, 6.07) is 18.1. The van der Waals surface area contributed by atoms with Crippen molar-refractivity contribution in [1.29, 1.82) is 0 Å². The van der Waals surface area contributed by atoms with Crippen LogP contribution in [0, 0.1) is 0 Å². The van der Waals surface area contributed by atoms with Crippen LogP contribution in [0.15, 0.2) is 60.7 Å². The van der Waals surface area contributed by atoms with Gasteiger partial charge < -0.3 is 28.8 Å². The molecule has 3 aromatic rings. The third kappa shape index (κ3) is 6.53. The van der Waals surface area contributed by atoms with Crippen LogP contribution in [0.1, 0.15) is 64.1 Å². The van der Waals surface area contributed by atoms with Gasteiger partial charge in [0.05, 0.1) is 52.8 Å². The summed E-state index contributed by atoms with van der Waals surface area (Å²) in [4.78, 5) is 27.9. The van der Waals surface area contributed by atoms with Gasteiger partial charge in [0.1, 0.15) is 11.3 Å². The van der Waals surface area contributed by atoms with E-state index in [4.69, 9.17) is 23.7 Å². The molecule has 42 heavy (non-hydrogen) atoms. The molecule has 0 saturated carbocycles. The highest BCUT2D eigenvalue weighted by atomic mass is 16.5. The lowest BCUT2D eigenvalue weighted by Gasteiger charge is -2.35. The highest BCUT2D eigenvalue weighted by molar-refractivity contribution is 6.04. The summed E-state index contributed by atoms with van der Waals surface area (Å²) in [6.45, 7) is 2.61. The molecule has 0 amide bonds. The predicted molar refractivity (Wildman–Crippen MR) is 158 cm³/mol. The molecular formula is C33H39NO8. The number of hydrogen-bond acceptors (Lipinski definition) is 9. The number of ketones is 1. The van der Waals surface area contributed by atoms with Crippen molar-refractivity contribution >= 4 is 11.8 Å². The molecule has 1 heterocycles. The Morgan fingerprint density at radius 2 is 1.62 bits per heavy atom. The molecule has 1 aliphatic rings. The van der Waals surface area contributed by atoms with Crippen molar-refractivity contribution in [1.82, 2.24) is 4.90 Å². The average Bonchev–Trinajstić information content (AvgIpc) is 3.50. The number of ether oxygens (including phenoxy) is 5. The first-order valence-electron chi connectivity index (χ1n) is 14.0. The molecule has 0 radical (unpaired) electrons. The standard InChI is InChI=1S/C33H39NO8/c1-6-25(28-18-17-27(42-28)23-15-16-29(38-2)32(40-4)31(23)39-3)34(19-21-11-8-7-9-12-21)20-26(35)22-13-10-14-24(30(22)36)33(37)41-5/h7-16,25,27-28,36H,6,17-20H2,1-5H3. The molecule has 9 heteroatoms. The third-order valence-corrected chi connectivity index (χ3v) is 7.77. The van der Waals surface area contributed by atoms with E-state index in [2.05, 4.69) is 11.8 Å². The van der Waals surface area contributed by atoms with Crippen molar-refractivity contribution in [2.75, 3.05) is 35.0 Å². The van der Waals surface area contributed by atoms with Crippen LogP contribution in [-0.4, -0.2) is 68.9 Å². The number of esters is 1. The zero-order valence-corrected chi connectivity index (χ0v) is 24.8. The molecule has 9 nitrogen and oxygen atoms in total. The summed E-state index contributed by atoms with van der Waals surface area (Å²) < 4.78 is 28.2. The fourth-order valence-corrected chi connectivity index (χ4v) is 5.73. The van der Waals surface area contributed by atoms with E-state index in [1.807, 2.05) is 42.5 Å². The third-order valence-electron chi connectivity index (χ3n) is 7.77. The Hall–Kier alpha value is -4.08. The maximum atomic E-state index is 13.6. The van der Waals surface area contributed by atoms with Crippen LogP contribution in [0.5, 0.6) is 23.0 Å². The molecular weight excluding hydrogens is 538 g/mol. The van der Waals surface area contributed by atoms with Crippen LogP contribution in [0.4, 0.5) is 0 Å². The Kier molecular flexibility index (Phi) is 10.4. The van der Waals surface area contributed by atoms with Crippen molar-refractivity contribution in [2.24, 2.45) is 0 Å². The van der Waals surface area contributed by atoms with E-state index in [9.17, 15) is 14.7 Å². The van der Waals surface area contributed by atoms with Gasteiger partial charge in [-0.2, -0.15) is 0 Å². The first-order chi connectivity index (χ1) is 20.4. The molecule has 224 valence electrons. The molecule has 1 N–H and O–H groups in total. The van der Waals surface area contributed by atoms with E-state index < -0.39 is 5.97 Å². The number of hydrogen-bond donors (Lipinski definition) is 1. The normalized spacial score (nSPS) is 17.1. The van der Waals surface area contributed by atoms with Crippen molar-refractivity contribution in [3.8, 4) is 23.0 Å². The number of aromatic hydroxyl groups is 1. The predicted octanol–water partition coefficient (Wildman–Crippen LogP) is 5.59. The zero-order chi connectivity index (χ0) is 30.2. The van der Waals surface area contributed by atoms with Gasteiger partial charge in [0, 0.05) is 18.2 Å². The molecule has 3 unspecified atom stereocenters. The quantitative estimate of drug-likeness (QED) is 0.206. The molecule has 3 aromatic carbocycles. The molecule has 1 saturated heterocycles. The van der Waals surface area contributed by atoms with Gasteiger partial charge in [-0.25, -0.2) is 4.79 Å². The minimum absolute atomic E-state index is 0.0236. The maximum Gasteiger partial charge on any atom is 0.341 e. The van der Waals surface area contributed by atoms with E-state index in [1.54, 1.807) is 27.4 Å². The number of rotatable bonds is 13. The van der Waals surface area contributed by atoms with Gasteiger partial charge in [-0.3, -0.25) is 9.69 Å². The molecule has 4 rings (SSSR count). The summed E-state index contributed by atoms with van der Waals surface area (Å²) in [6.07, 6.45) is 1.89. The van der Waals surface area contributed by atoms with E-state index in [-0.39, 0.29) is 47.5 Å². The van der Waals surface area contributed by atoms with E-state index in [1.165, 1.54) is 19.2 Å². The van der Waals surface area contributed by atoms with Crippen molar-refractivity contribution in [2.45, 2.75) is 51.0 Å². The number of carbonyl (C=O) groups excluding carboxylic acids is 2. The maximum absolute atomic E-state index is 13.6. The molecule has 0 spiro atoms. The first-order valence-corrected chi connectivity index (χ1v) is 14.0. The fraction of sp³-hybridized carbons (Fsp3) is 0.394. The Morgan fingerprint density at radius 3 is 2.26 bits per heavy atom. The lowest BCUT2D eigenvalue weighted by atomic mass is 9.99. The van der Waals surface area contributed by atoms with Crippen LogP contribution >= 0.6 is 0 Å².